The standard InChI is InChI=1S/C11H12ClF3N2/c12-9-5-7(16)1-4-10(9)17(8-2-3-8)6-11(13,14)15/h1,4-5,8H,2-3,6,16H2. The summed E-state index contributed by atoms with van der Waals surface area (Å²) in [4.78, 5) is 1.31. The van der Waals surface area contributed by atoms with Crippen molar-refractivity contribution in [1.82, 2.24) is 0 Å². The van der Waals surface area contributed by atoms with Gasteiger partial charge in [0.15, 0.2) is 0 Å². The molecule has 1 aliphatic carbocycles. The zero-order valence-corrected chi connectivity index (χ0v) is 9.72. The molecule has 6 heteroatoms. The Labute approximate surface area is 102 Å². The predicted octanol–water partition coefficient (Wildman–Crippen LogP) is 3.45. The van der Waals surface area contributed by atoms with E-state index in [0.29, 0.717) is 11.4 Å². The van der Waals surface area contributed by atoms with Crippen molar-refractivity contribution >= 4 is 23.0 Å². The van der Waals surface area contributed by atoms with Crippen molar-refractivity contribution in [1.29, 1.82) is 0 Å². The number of alkyl halides is 3. The molecule has 1 fully saturated rings. The third kappa shape index (κ3) is 3.19. The van der Waals surface area contributed by atoms with Crippen molar-refractivity contribution in [2.45, 2.75) is 25.1 Å². The highest BCUT2D eigenvalue weighted by Crippen LogP contribution is 2.38. The summed E-state index contributed by atoms with van der Waals surface area (Å²) < 4.78 is 37.4. The molecule has 2 rings (SSSR count). The fourth-order valence-corrected chi connectivity index (χ4v) is 2.04. The SMILES string of the molecule is Nc1ccc(N(CC(F)(F)F)C2CC2)c(Cl)c1. The van der Waals surface area contributed by atoms with Crippen molar-refractivity contribution in [2.75, 3.05) is 17.2 Å². The van der Waals surface area contributed by atoms with Gasteiger partial charge in [0, 0.05) is 11.7 Å². The Bertz CT molecular complexity index is 416. The highest BCUT2D eigenvalue weighted by atomic mass is 35.5. The van der Waals surface area contributed by atoms with Crippen molar-refractivity contribution in [2.24, 2.45) is 0 Å². The van der Waals surface area contributed by atoms with Gasteiger partial charge in [-0.2, -0.15) is 13.2 Å². The summed E-state index contributed by atoms with van der Waals surface area (Å²) >= 11 is 5.94. The van der Waals surface area contributed by atoms with E-state index in [2.05, 4.69) is 0 Å². The number of hydrogen-bond acceptors (Lipinski definition) is 2. The first-order valence-corrected chi connectivity index (χ1v) is 5.63. The average Bonchev–Trinajstić information content (AvgIpc) is 2.96. The molecule has 1 saturated carbocycles. The Morgan fingerprint density at radius 3 is 2.47 bits per heavy atom. The van der Waals surface area contributed by atoms with Crippen molar-refractivity contribution < 1.29 is 13.2 Å². The van der Waals surface area contributed by atoms with E-state index in [1.165, 1.54) is 11.0 Å². The van der Waals surface area contributed by atoms with Gasteiger partial charge in [-0.25, -0.2) is 0 Å². The van der Waals surface area contributed by atoms with Gasteiger partial charge in [0.2, 0.25) is 0 Å². The van der Waals surface area contributed by atoms with Crippen LogP contribution in [0.2, 0.25) is 5.02 Å². The van der Waals surface area contributed by atoms with Crippen LogP contribution in [-0.4, -0.2) is 18.8 Å². The number of hydrogen-bond donors (Lipinski definition) is 1. The molecular formula is C11H12ClF3N2. The molecular weight excluding hydrogens is 253 g/mol. The van der Waals surface area contributed by atoms with E-state index in [0.717, 1.165) is 12.8 Å². The van der Waals surface area contributed by atoms with E-state index in [-0.39, 0.29) is 11.1 Å². The van der Waals surface area contributed by atoms with Gasteiger partial charge in [0.05, 0.1) is 10.7 Å². The highest BCUT2D eigenvalue weighted by molar-refractivity contribution is 6.33. The first-order chi connectivity index (χ1) is 7.87. The van der Waals surface area contributed by atoms with Crippen molar-refractivity contribution in [3.05, 3.63) is 23.2 Å². The molecule has 94 valence electrons. The van der Waals surface area contributed by atoms with Crippen LogP contribution in [0, 0.1) is 0 Å². The summed E-state index contributed by atoms with van der Waals surface area (Å²) in [7, 11) is 0. The number of anilines is 2. The van der Waals surface area contributed by atoms with Gasteiger partial charge in [-0.05, 0) is 31.0 Å². The maximum absolute atomic E-state index is 12.5. The Morgan fingerprint density at radius 1 is 1.35 bits per heavy atom. The maximum atomic E-state index is 12.5. The molecule has 1 aromatic rings. The molecule has 0 unspecified atom stereocenters. The molecule has 1 aromatic carbocycles. The molecule has 0 atom stereocenters. The minimum Gasteiger partial charge on any atom is -0.399 e. The van der Waals surface area contributed by atoms with Crippen molar-refractivity contribution in [3.63, 3.8) is 0 Å². The Hall–Kier alpha value is -1.10. The maximum Gasteiger partial charge on any atom is 0.405 e. The molecule has 0 aliphatic heterocycles. The Balaban J connectivity index is 2.26. The number of nitrogen functional groups attached to an aromatic ring is 1. The molecule has 0 amide bonds. The minimum atomic E-state index is -4.23. The zero-order valence-electron chi connectivity index (χ0n) is 8.97. The van der Waals surface area contributed by atoms with Gasteiger partial charge in [0.1, 0.15) is 6.54 Å². The molecule has 2 N–H and O–H groups in total. The molecule has 0 aromatic heterocycles. The minimum absolute atomic E-state index is 0.0576. The predicted molar refractivity (Wildman–Crippen MR) is 62.3 cm³/mol. The smallest absolute Gasteiger partial charge is 0.399 e. The average molecular weight is 265 g/mol. The number of benzene rings is 1. The van der Waals surface area contributed by atoms with Crippen LogP contribution in [0.4, 0.5) is 24.5 Å². The third-order valence-electron chi connectivity index (χ3n) is 2.62. The second-order valence-electron chi connectivity index (χ2n) is 4.19. The summed E-state index contributed by atoms with van der Waals surface area (Å²) in [5.74, 6) is 0. The first-order valence-electron chi connectivity index (χ1n) is 5.25. The fourth-order valence-electron chi connectivity index (χ4n) is 1.75. The van der Waals surface area contributed by atoms with Gasteiger partial charge >= 0.3 is 6.18 Å². The van der Waals surface area contributed by atoms with Crippen LogP contribution in [0.1, 0.15) is 12.8 Å². The normalized spacial score (nSPS) is 16.0. The van der Waals surface area contributed by atoms with Crippen LogP contribution >= 0.6 is 11.6 Å². The largest absolute Gasteiger partial charge is 0.405 e. The Morgan fingerprint density at radius 2 is 2.00 bits per heavy atom. The molecule has 0 bridgehead atoms. The second kappa shape index (κ2) is 4.29. The van der Waals surface area contributed by atoms with Gasteiger partial charge in [0.25, 0.3) is 0 Å². The van der Waals surface area contributed by atoms with E-state index in [9.17, 15) is 13.2 Å². The lowest BCUT2D eigenvalue weighted by Crippen LogP contribution is -2.36. The molecule has 0 spiro atoms. The summed E-state index contributed by atoms with van der Waals surface area (Å²) in [6.45, 7) is -0.971. The van der Waals surface area contributed by atoms with Crippen LogP contribution in [0.15, 0.2) is 18.2 Å². The summed E-state index contributed by atoms with van der Waals surface area (Å²) in [6, 6.07) is 4.52. The topological polar surface area (TPSA) is 29.3 Å². The monoisotopic (exact) mass is 264 g/mol. The van der Waals surface area contributed by atoms with Gasteiger partial charge in [-0.1, -0.05) is 11.6 Å². The van der Waals surface area contributed by atoms with E-state index in [4.69, 9.17) is 17.3 Å². The third-order valence-corrected chi connectivity index (χ3v) is 2.92. The van der Waals surface area contributed by atoms with Crippen LogP contribution in [-0.2, 0) is 0 Å². The zero-order chi connectivity index (χ0) is 12.6. The number of halogens is 4. The second-order valence-corrected chi connectivity index (χ2v) is 4.59. The van der Waals surface area contributed by atoms with E-state index < -0.39 is 12.7 Å². The van der Waals surface area contributed by atoms with Gasteiger partial charge < -0.3 is 10.6 Å². The van der Waals surface area contributed by atoms with Gasteiger partial charge in [-0.15, -0.1) is 0 Å². The lowest BCUT2D eigenvalue weighted by atomic mass is 10.2. The first kappa shape index (κ1) is 12.4. The lowest BCUT2D eigenvalue weighted by Gasteiger charge is -2.26. The number of nitrogens with zero attached hydrogens (tertiary/aromatic N) is 1. The summed E-state index contributed by atoms with van der Waals surface area (Å²) in [5, 5.41) is 0.265. The van der Waals surface area contributed by atoms with E-state index in [1.54, 1.807) is 12.1 Å². The molecule has 0 heterocycles. The van der Waals surface area contributed by atoms with Crippen LogP contribution in [0.25, 0.3) is 0 Å². The van der Waals surface area contributed by atoms with Crippen LogP contribution in [0.3, 0.4) is 0 Å². The molecule has 17 heavy (non-hydrogen) atoms. The number of rotatable bonds is 3. The van der Waals surface area contributed by atoms with Crippen LogP contribution < -0.4 is 10.6 Å². The van der Waals surface area contributed by atoms with Gasteiger partial charge in [-0.3, -0.25) is 0 Å². The lowest BCUT2D eigenvalue weighted by molar-refractivity contribution is -0.119. The molecule has 2 nitrogen and oxygen atoms in total. The van der Waals surface area contributed by atoms with Crippen molar-refractivity contribution in [3.8, 4) is 0 Å². The highest BCUT2D eigenvalue weighted by Gasteiger charge is 2.38. The fraction of sp³-hybridized carbons (Fsp3) is 0.455. The molecule has 0 saturated heterocycles. The summed E-state index contributed by atoms with van der Waals surface area (Å²) in [6.07, 6.45) is -2.68. The van der Waals surface area contributed by atoms with E-state index >= 15 is 0 Å². The number of nitrogens with two attached hydrogens (primary N) is 1. The van der Waals surface area contributed by atoms with Crippen LogP contribution in [0.5, 0.6) is 0 Å². The Kier molecular flexibility index (Phi) is 3.12. The van der Waals surface area contributed by atoms with E-state index in [1.807, 2.05) is 0 Å². The summed E-state index contributed by atoms with van der Waals surface area (Å²) in [5.41, 5.74) is 6.37. The molecule has 1 aliphatic rings. The molecule has 0 radical (unpaired) electrons. The quantitative estimate of drug-likeness (QED) is 0.847.